The van der Waals surface area contributed by atoms with Gasteiger partial charge in [-0.05, 0) is 41.3 Å². The molecule has 0 bridgehead atoms. The number of benzene rings is 1. The number of hydrogen-bond donors (Lipinski definition) is 5. The monoisotopic (exact) mass is 340 g/mol. The summed E-state index contributed by atoms with van der Waals surface area (Å²) in [7, 11) is 0. The number of aliphatic hydroxyl groups is 4. The summed E-state index contributed by atoms with van der Waals surface area (Å²) < 4.78 is 11.8. The van der Waals surface area contributed by atoms with Crippen molar-refractivity contribution in [3.8, 4) is 11.5 Å². The van der Waals surface area contributed by atoms with Crippen molar-refractivity contribution in [2.45, 2.75) is 16.8 Å². The molecule has 8 nitrogen and oxygen atoms in total. The van der Waals surface area contributed by atoms with Gasteiger partial charge < -0.3 is 35.2 Å². The van der Waals surface area contributed by atoms with Crippen molar-refractivity contribution in [3.63, 3.8) is 0 Å². The predicted octanol–water partition coefficient (Wildman–Crippen LogP) is -1.04. The molecule has 1 aromatic rings. The van der Waals surface area contributed by atoms with E-state index in [2.05, 4.69) is 9.62 Å². The highest BCUT2D eigenvalue weighted by Crippen LogP contribution is 2.42. The van der Waals surface area contributed by atoms with Crippen molar-refractivity contribution >= 4 is 11.9 Å². The smallest absolute Gasteiger partial charge is 0.422 e. The molecule has 0 aliphatic carbocycles. The van der Waals surface area contributed by atoms with E-state index >= 15 is 0 Å². The molecule has 3 heterocycles. The summed E-state index contributed by atoms with van der Waals surface area (Å²) in [5.74, 6) is -6.43. The van der Waals surface area contributed by atoms with Crippen LogP contribution in [0.2, 0.25) is 0 Å². The van der Waals surface area contributed by atoms with Crippen LogP contribution < -0.4 is 14.8 Å². The lowest BCUT2D eigenvalue weighted by Gasteiger charge is -2.38. The summed E-state index contributed by atoms with van der Waals surface area (Å²) >= 11 is 1.52. The fourth-order valence-electron chi connectivity index (χ4n) is 2.79. The van der Waals surface area contributed by atoms with E-state index in [4.69, 9.17) is 9.47 Å². The van der Waals surface area contributed by atoms with Crippen LogP contribution in [0.4, 0.5) is 0 Å². The molecule has 0 radical (unpaired) electrons. The van der Waals surface area contributed by atoms with E-state index < -0.39 is 11.9 Å². The van der Waals surface area contributed by atoms with Gasteiger partial charge >= 0.3 is 11.9 Å². The lowest BCUT2D eigenvalue weighted by Crippen LogP contribution is -2.63. The van der Waals surface area contributed by atoms with E-state index in [1.165, 1.54) is 29.2 Å². The topological polar surface area (TPSA) is 115 Å². The second-order valence-corrected chi connectivity index (χ2v) is 6.90. The highest BCUT2D eigenvalue weighted by atomic mass is 32.2. The number of fused-ring (bicyclic) bond motifs is 1. The van der Waals surface area contributed by atoms with Gasteiger partial charge in [0.25, 0.3) is 0 Å². The van der Waals surface area contributed by atoms with Gasteiger partial charge in [-0.25, -0.2) is 4.31 Å². The van der Waals surface area contributed by atoms with Crippen molar-refractivity contribution in [1.29, 1.82) is 0 Å². The van der Waals surface area contributed by atoms with E-state index in [-0.39, 0.29) is 11.5 Å². The fraction of sp³-hybridized carbons (Fsp3) is 0.429. The first-order chi connectivity index (χ1) is 10.8. The Morgan fingerprint density at radius 2 is 1.57 bits per heavy atom. The molecule has 3 aliphatic rings. The lowest BCUT2D eigenvalue weighted by atomic mass is 10.2. The predicted molar refractivity (Wildman–Crippen MR) is 79.4 cm³/mol. The minimum atomic E-state index is -3.24. The van der Waals surface area contributed by atoms with Crippen LogP contribution in [0.3, 0.4) is 0 Å². The standard InChI is InChI=1S/C14H16N2O6S/c17-13(18)14(19,20)22-12-3-10(1-2-11(12)21-13)23-16-6-8-4-15-5-9(8)7-16/h1-3,15,17-20H,4-7H2. The molecule has 0 aromatic heterocycles. The maximum atomic E-state index is 9.51. The molecule has 9 heteroatoms. The fourth-order valence-corrected chi connectivity index (χ4v) is 3.82. The Labute approximate surface area is 136 Å². The summed E-state index contributed by atoms with van der Waals surface area (Å²) in [4.78, 5) is 0.820. The second-order valence-electron chi connectivity index (χ2n) is 5.73. The molecule has 4 rings (SSSR count). The molecular formula is C14H16N2O6S. The summed E-state index contributed by atoms with van der Waals surface area (Å²) in [5, 5.41) is 41.2. The van der Waals surface area contributed by atoms with Gasteiger partial charge in [-0.1, -0.05) is 0 Å². The van der Waals surface area contributed by atoms with Crippen molar-refractivity contribution in [3.05, 3.63) is 29.3 Å². The van der Waals surface area contributed by atoms with Crippen molar-refractivity contribution in [2.75, 3.05) is 26.2 Å². The minimum absolute atomic E-state index is 0.0179. The zero-order valence-electron chi connectivity index (χ0n) is 12.0. The SMILES string of the molecule is OC1(O)Oc2ccc(SN3CC4=C(CNC4)C3)cc2OC1(O)O. The average molecular weight is 340 g/mol. The van der Waals surface area contributed by atoms with E-state index in [1.807, 2.05) is 0 Å². The first kappa shape index (κ1) is 15.2. The normalized spacial score (nSPS) is 24.9. The summed E-state index contributed by atoms with van der Waals surface area (Å²) in [6, 6.07) is 4.80. The maximum absolute atomic E-state index is 9.51. The zero-order valence-corrected chi connectivity index (χ0v) is 12.8. The Kier molecular flexibility index (Phi) is 3.36. The molecule has 5 N–H and O–H groups in total. The lowest BCUT2D eigenvalue weighted by molar-refractivity contribution is -0.500. The van der Waals surface area contributed by atoms with E-state index in [1.54, 1.807) is 12.1 Å². The number of ether oxygens (including phenoxy) is 2. The third kappa shape index (κ3) is 2.60. The first-order valence-corrected chi connectivity index (χ1v) is 7.86. The first-order valence-electron chi connectivity index (χ1n) is 7.09. The van der Waals surface area contributed by atoms with Crippen LogP contribution in [-0.2, 0) is 0 Å². The summed E-state index contributed by atoms with van der Waals surface area (Å²) in [6.07, 6.45) is 0. The van der Waals surface area contributed by atoms with Crippen LogP contribution in [0, 0.1) is 0 Å². The molecule has 0 atom stereocenters. The Balaban J connectivity index is 1.50. The van der Waals surface area contributed by atoms with Crippen LogP contribution in [0.5, 0.6) is 11.5 Å². The van der Waals surface area contributed by atoms with Crippen molar-refractivity contribution in [2.24, 2.45) is 0 Å². The van der Waals surface area contributed by atoms with Gasteiger partial charge in [0.05, 0.1) is 0 Å². The van der Waals surface area contributed by atoms with Crippen LogP contribution in [0.25, 0.3) is 0 Å². The van der Waals surface area contributed by atoms with Crippen molar-refractivity contribution < 1.29 is 29.9 Å². The third-order valence-electron chi connectivity index (χ3n) is 3.99. The zero-order chi connectivity index (χ0) is 16.2. The van der Waals surface area contributed by atoms with Gasteiger partial charge in [0.15, 0.2) is 11.5 Å². The molecule has 124 valence electrons. The quantitative estimate of drug-likeness (QED) is 0.261. The largest absolute Gasteiger partial charge is 0.428 e. The maximum Gasteiger partial charge on any atom is 0.422 e. The van der Waals surface area contributed by atoms with Crippen molar-refractivity contribution in [1.82, 2.24) is 9.62 Å². The molecule has 3 aliphatic heterocycles. The molecule has 0 saturated heterocycles. The third-order valence-corrected chi connectivity index (χ3v) is 4.97. The number of nitrogens with zero attached hydrogens (tertiary/aromatic N) is 1. The minimum Gasteiger partial charge on any atom is -0.428 e. The van der Waals surface area contributed by atoms with Gasteiger partial charge in [0.1, 0.15) is 0 Å². The average Bonchev–Trinajstić information content (AvgIpc) is 3.00. The molecule has 0 saturated carbocycles. The van der Waals surface area contributed by atoms with Gasteiger partial charge in [-0.3, -0.25) is 0 Å². The molecule has 1 aromatic carbocycles. The van der Waals surface area contributed by atoms with Gasteiger partial charge in [-0.15, -0.1) is 0 Å². The molecular weight excluding hydrogens is 324 g/mol. The summed E-state index contributed by atoms with van der Waals surface area (Å²) in [6.45, 7) is 3.61. The van der Waals surface area contributed by atoms with Crippen LogP contribution >= 0.6 is 11.9 Å². The summed E-state index contributed by atoms with van der Waals surface area (Å²) in [5.41, 5.74) is 2.84. The van der Waals surface area contributed by atoms with Gasteiger partial charge in [0.2, 0.25) is 0 Å². The van der Waals surface area contributed by atoms with Gasteiger partial charge in [0, 0.05) is 31.1 Å². The second kappa shape index (κ2) is 5.08. The highest BCUT2D eigenvalue weighted by Gasteiger charge is 2.57. The number of nitrogens with one attached hydrogen (secondary N) is 1. The Morgan fingerprint density at radius 1 is 0.957 bits per heavy atom. The number of hydrogen-bond acceptors (Lipinski definition) is 9. The molecule has 0 unspecified atom stereocenters. The Bertz CT molecular complexity index is 674. The Morgan fingerprint density at radius 3 is 2.22 bits per heavy atom. The van der Waals surface area contributed by atoms with E-state index in [9.17, 15) is 20.4 Å². The Hall–Kier alpha value is -1.33. The van der Waals surface area contributed by atoms with E-state index in [0.29, 0.717) is 0 Å². The van der Waals surface area contributed by atoms with Gasteiger partial charge in [-0.2, -0.15) is 0 Å². The molecule has 0 fully saturated rings. The van der Waals surface area contributed by atoms with Crippen LogP contribution in [0.1, 0.15) is 0 Å². The molecule has 0 spiro atoms. The number of rotatable bonds is 2. The van der Waals surface area contributed by atoms with Crippen LogP contribution in [0.15, 0.2) is 34.2 Å². The van der Waals surface area contributed by atoms with E-state index in [0.717, 1.165) is 31.1 Å². The molecule has 0 amide bonds. The van der Waals surface area contributed by atoms with Crippen LogP contribution in [-0.4, -0.2) is 62.9 Å². The highest BCUT2D eigenvalue weighted by molar-refractivity contribution is 7.97. The molecule has 23 heavy (non-hydrogen) atoms.